The van der Waals surface area contributed by atoms with E-state index in [1.165, 1.54) is 32.6 Å². The van der Waals surface area contributed by atoms with Crippen LogP contribution in [0, 0.1) is 11.8 Å². The first kappa shape index (κ1) is 15.3. The zero-order valence-electron chi connectivity index (χ0n) is 13.9. The Balaban J connectivity index is 1.37. The molecule has 3 aliphatic rings. The molecule has 0 unspecified atom stereocenters. The Morgan fingerprint density at radius 2 is 1.71 bits per heavy atom. The second-order valence-electron chi connectivity index (χ2n) is 7.51. The first-order chi connectivity index (χ1) is 10.1. The molecule has 2 heterocycles. The molecular weight excluding hydrogens is 262 g/mol. The molecule has 2 saturated heterocycles. The molecule has 0 spiro atoms. The van der Waals surface area contributed by atoms with Gasteiger partial charge >= 0.3 is 0 Å². The lowest BCUT2D eigenvalue weighted by Crippen LogP contribution is -2.59. The zero-order chi connectivity index (χ0) is 15.0. The number of nitrogens with zero attached hydrogens (tertiary/aromatic N) is 3. The third-order valence-electron chi connectivity index (χ3n) is 5.90. The summed E-state index contributed by atoms with van der Waals surface area (Å²) in [7, 11) is 0. The van der Waals surface area contributed by atoms with E-state index in [9.17, 15) is 4.79 Å². The predicted molar refractivity (Wildman–Crippen MR) is 85.2 cm³/mol. The predicted octanol–water partition coefficient (Wildman–Crippen LogP) is 1.66. The van der Waals surface area contributed by atoms with E-state index in [0.29, 0.717) is 23.9 Å². The summed E-state index contributed by atoms with van der Waals surface area (Å²) >= 11 is 0. The highest BCUT2D eigenvalue weighted by molar-refractivity contribution is 5.80. The number of rotatable bonds is 4. The lowest BCUT2D eigenvalue weighted by molar-refractivity contribution is -0.147. The van der Waals surface area contributed by atoms with Crippen LogP contribution in [-0.2, 0) is 4.79 Å². The molecule has 4 nitrogen and oxygen atoms in total. The number of hydrogen-bond donors (Lipinski definition) is 0. The maximum atomic E-state index is 12.3. The molecule has 0 aromatic carbocycles. The van der Waals surface area contributed by atoms with Gasteiger partial charge in [0.15, 0.2) is 0 Å². The summed E-state index contributed by atoms with van der Waals surface area (Å²) < 4.78 is 0. The van der Waals surface area contributed by atoms with Crippen molar-refractivity contribution in [2.24, 2.45) is 11.8 Å². The maximum absolute atomic E-state index is 12.3. The first-order valence-corrected chi connectivity index (χ1v) is 8.85. The Hall–Kier alpha value is -0.610. The van der Waals surface area contributed by atoms with Gasteiger partial charge in [-0.05, 0) is 39.0 Å². The standard InChI is InChI=1S/C17H31N3O/c1-4-14-11-20(12-14)17(21)15-9-16(10-15)19-7-5-18(6-8-19)13(2)3/h13-16H,4-12H2,1-3H3. The number of carbonyl (C=O) groups excluding carboxylic acids is 1. The third-order valence-corrected chi connectivity index (χ3v) is 5.90. The van der Waals surface area contributed by atoms with E-state index in [0.717, 1.165) is 31.8 Å². The average Bonchev–Trinajstić information content (AvgIpc) is 2.36. The van der Waals surface area contributed by atoms with Gasteiger partial charge in [-0.15, -0.1) is 0 Å². The van der Waals surface area contributed by atoms with Crippen LogP contribution in [0.5, 0.6) is 0 Å². The van der Waals surface area contributed by atoms with Crippen LogP contribution in [-0.4, -0.2) is 72.0 Å². The first-order valence-electron chi connectivity index (χ1n) is 8.85. The molecule has 0 radical (unpaired) electrons. The molecule has 3 fully saturated rings. The number of carbonyl (C=O) groups is 1. The molecule has 1 amide bonds. The van der Waals surface area contributed by atoms with E-state index in [1.807, 2.05) is 0 Å². The summed E-state index contributed by atoms with van der Waals surface area (Å²) in [6.07, 6.45) is 3.43. The van der Waals surface area contributed by atoms with Gasteiger partial charge in [-0.25, -0.2) is 0 Å². The van der Waals surface area contributed by atoms with Crippen molar-refractivity contribution in [3.63, 3.8) is 0 Å². The number of likely N-dealkylation sites (tertiary alicyclic amines) is 1. The van der Waals surface area contributed by atoms with Crippen molar-refractivity contribution in [3.05, 3.63) is 0 Å². The van der Waals surface area contributed by atoms with Gasteiger partial charge in [-0.2, -0.15) is 0 Å². The molecule has 3 rings (SSSR count). The van der Waals surface area contributed by atoms with Crippen molar-refractivity contribution in [3.8, 4) is 0 Å². The van der Waals surface area contributed by atoms with E-state index < -0.39 is 0 Å². The van der Waals surface area contributed by atoms with Gasteiger partial charge in [0.2, 0.25) is 5.91 Å². The fourth-order valence-corrected chi connectivity index (χ4v) is 3.97. The van der Waals surface area contributed by atoms with Crippen LogP contribution in [0.25, 0.3) is 0 Å². The van der Waals surface area contributed by atoms with Gasteiger partial charge in [0.05, 0.1) is 0 Å². The summed E-state index contributed by atoms with van der Waals surface area (Å²) in [5, 5.41) is 0. The van der Waals surface area contributed by atoms with Crippen molar-refractivity contribution in [1.29, 1.82) is 0 Å². The van der Waals surface area contributed by atoms with Crippen molar-refractivity contribution < 1.29 is 4.79 Å². The van der Waals surface area contributed by atoms with Crippen LogP contribution in [0.1, 0.15) is 40.0 Å². The molecule has 0 bridgehead atoms. The van der Waals surface area contributed by atoms with Crippen LogP contribution in [0.15, 0.2) is 0 Å². The monoisotopic (exact) mass is 293 g/mol. The molecule has 0 aromatic heterocycles. The van der Waals surface area contributed by atoms with Crippen molar-refractivity contribution in [2.45, 2.75) is 52.1 Å². The van der Waals surface area contributed by atoms with Gasteiger partial charge < -0.3 is 4.90 Å². The summed E-state index contributed by atoms with van der Waals surface area (Å²) in [5.74, 6) is 1.54. The fraction of sp³-hybridized carbons (Fsp3) is 0.941. The van der Waals surface area contributed by atoms with E-state index in [-0.39, 0.29) is 0 Å². The van der Waals surface area contributed by atoms with Gasteiger partial charge in [-0.3, -0.25) is 14.6 Å². The molecule has 1 saturated carbocycles. The SMILES string of the molecule is CCC1CN(C(=O)C2CC(N3CCN(C(C)C)CC3)C2)C1. The Morgan fingerprint density at radius 1 is 1.10 bits per heavy atom. The number of hydrogen-bond acceptors (Lipinski definition) is 3. The van der Waals surface area contributed by atoms with Crippen molar-refractivity contribution in [1.82, 2.24) is 14.7 Å². The Labute approximate surface area is 129 Å². The highest BCUT2D eigenvalue weighted by Gasteiger charge is 2.42. The second-order valence-corrected chi connectivity index (χ2v) is 7.51. The smallest absolute Gasteiger partial charge is 0.225 e. The summed E-state index contributed by atoms with van der Waals surface area (Å²) in [5.41, 5.74) is 0. The van der Waals surface area contributed by atoms with Gasteiger partial charge in [0, 0.05) is 57.3 Å². The van der Waals surface area contributed by atoms with Crippen LogP contribution in [0.2, 0.25) is 0 Å². The molecule has 0 N–H and O–H groups in total. The second kappa shape index (κ2) is 6.25. The van der Waals surface area contributed by atoms with E-state index in [4.69, 9.17) is 0 Å². The summed E-state index contributed by atoms with van der Waals surface area (Å²) in [6, 6.07) is 1.34. The highest BCUT2D eigenvalue weighted by Crippen LogP contribution is 2.35. The fourth-order valence-electron chi connectivity index (χ4n) is 3.97. The average molecular weight is 293 g/mol. The quantitative estimate of drug-likeness (QED) is 0.789. The van der Waals surface area contributed by atoms with Crippen LogP contribution in [0.3, 0.4) is 0 Å². The minimum Gasteiger partial charge on any atom is -0.342 e. The van der Waals surface area contributed by atoms with E-state index >= 15 is 0 Å². The highest BCUT2D eigenvalue weighted by atomic mass is 16.2. The van der Waals surface area contributed by atoms with Gasteiger partial charge in [0.25, 0.3) is 0 Å². The Morgan fingerprint density at radius 3 is 2.24 bits per heavy atom. The molecule has 0 atom stereocenters. The minimum absolute atomic E-state index is 0.330. The van der Waals surface area contributed by atoms with Crippen LogP contribution >= 0.6 is 0 Å². The lowest BCUT2D eigenvalue weighted by atomic mass is 9.77. The molecule has 21 heavy (non-hydrogen) atoms. The van der Waals surface area contributed by atoms with Crippen molar-refractivity contribution >= 4 is 5.91 Å². The zero-order valence-corrected chi connectivity index (χ0v) is 13.9. The van der Waals surface area contributed by atoms with Crippen molar-refractivity contribution in [2.75, 3.05) is 39.3 Å². The third kappa shape index (κ3) is 3.11. The summed E-state index contributed by atoms with van der Waals surface area (Å²) in [6.45, 7) is 13.6. The van der Waals surface area contributed by atoms with Crippen LogP contribution < -0.4 is 0 Å². The molecular formula is C17H31N3O. The maximum Gasteiger partial charge on any atom is 0.225 e. The molecule has 1 aliphatic carbocycles. The lowest BCUT2D eigenvalue weighted by Gasteiger charge is -2.49. The van der Waals surface area contributed by atoms with Gasteiger partial charge in [-0.1, -0.05) is 6.92 Å². The van der Waals surface area contributed by atoms with E-state index in [2.05, 4.69) is 35.5 Å². The Bertz CT molecular complexity index is 364. The largest absolute Gasteiger partial charge is 0.342 e. The minimum atomic E-state index is 0.330. The van der Waals surface area contributed by atoms with E-state index in [1.54, 1.807) is 0 Å². The summed E-state index contributed by atoms with van der Waals surface area (Å²) in [4.78, 5) is 19.6. The van der Waals surface area contributed by atoms with Gasteiger partial charge in [0.1, 0.15) is 0 Å². The molecule has 120 valence electrons. The Kier molecular flexibility index (Phi) is 4.55. The normalized spacial score (nSPS) is 32.1. The number of piperazine rings is 1. The molecule has 2 aliphatic heterocycles. The van der Waals surface area contributed by atoms with Crippen LogP contribution in [0.4, 0.5) is 0 Å². The topological polar surface area (TPSA) is 26.8 Å². The molecule has 4 heteroatoms. The number of amides is 1. The molecule has 0 aromatic rings.